The molecule has 0 saturated carbocycles. The largest absolute Gasteiger partial charge is 0.293 e. The Balaban J connectivity index is 2.07. The highest BCUT2D eigenvalue weighted by atomic mass is 79.9. The van der Waals surface area contributed by atoms with E-state index >= 15 is 0 Å². The first kappa shape index (κ1) is 14.9. The van der Waals surface area contributed by atoms with Crippen molar-refractivity contribution in [2.75, 3.05) is 0 Å². The Labute approximate surface area is 117 Å². The minimum absolute atomic E-state index is 0.292. The fourth-order valence-corrected chi connectivity index (χ4v) is 3.41. The van der Waals surface area contributed by atoms with Crippen LogP contribution in [-0.4, -0.2) is 5.78 Å². The molecule has 0 unspecified atom stereocenters. The van der Waals surface area contributed by atoms with Crippen molar-refractivity contribution in [2.24, 2.45) is 0 Å². The third kappa shape index (κ3) is 5.82. The minimum Gasteiger partial charge on any atom is -0.293 e. The fourth-order valence-electron chi connectivity index (χ4n) is 1.85. The van der Waals surface area contributed by atoms with Crippen molar-refractivity contribution in [1.29, 1.82) is 0 Å². The second-order valence-corrected chi connectivity index (χ2v) is 6.16. The molecule has 0 fully saturated rings. The van der Waals surface area contributed by atoms with E-state index in [4.69, 9.17) is 0 Å². The van der Waals surface area contributed by atoms with Crippen LogP contribution in [-0.2, 0) is 0 Å². The van der Waals surface area contributed by atoms with E-state index in [1.807, 2.05) is 11.4 Å². The van der Waals surface area contributed by atoms with Crippen molar-refractivity contribution in [3.63, 3.8) is 0 Å². The second kappa shape index (κ2) is 8.87. The van der Waals surface area contributed by atoms with Gasteiger partial charge >= 0.3 is 0 Å². The van der Waals surface area contributed by atoms with Crippen LogP contribution in [0, 0.1) is 0 Å². The molecule has 0 radical (unpaired) electrons. The van der Waals surface area contributed by atoms with Crippen molar-refractivity contribution in [1.82, 2.24) is 0 Å². The highest BCUT2D eigenvalue weighted by Crippen LogP contribution is 2.24. The van der Waals surface area contributed by atoms with Gasteiger partial charge in [-0.15, -0.1) is 11.3 Å². The highest BCUT2D eigenvalue weighted by Gasteiger charge is 2.10. The lowest BCUT2D eigenvalue weighted by atomic mass is 10.1. The maximum absolute atomic E-state index is 11.8. The quantitative estimate of drug-likeness (QED) is 0.413. The van der Waals surface area contributed by atoms with Gasteiger partial charge in [0.25, 0.3) is 0 Å². The van der Waals surface area contributed by atoms with E-state index in [1.54, 1.807) is 0 Å². The van der Waals surface area contributed by atoms with Gasteiger partial charge in [-0.2, -0.15) is 0 Å². The maximum atomic E-state index is 11.8. The lowest BCUT2D eigenvalue weighted by Crippen LogP contribution is -1.96. The van der Waals surface area contributed by atoms with E-state index in [0.717, 1.165) is 15.8 Å². The van der Waals surface area contributed by atoms with Gasteiger partial charge in [-0.25, -0.2) is 0 Å². The zero-order chi connectivity index (χ0) is 12.5. The SMILES string of the molecule is CCCCCCCCCC(=O)c1sccc1Br. The summed E-state index contributed by atoms with van der Waals surface area (Å²) in [7, 11) is 0. The molecule has 0 aliphatic carbocycles. The van der Waals surface area contributed by atoms with Gasteiger partial charge in [-0.3, -0.25) is 4.79 Å². The first-order valence-electron chi connectivity index (χ1n) is 6.52. The standard InChI is InChI=1S/C14H21BrOS/c1-2-3-4-5-6-7-8-9-13(16)14-12(15)10-11-17-14/h10-11H,2-9H2,1H3. The lowest BCUT2D eigenvalue weighted by Gasteiger charge is -2.01. The fraction of sp³-hybridized carbons (Fsp3) is 0.643. The summed E-state index contributed by atoms with van der Waals surface area (Å²) >= 11 is 4.94. The summed E-state index contributed by atoms with van der Waals surface area (Å²) in [5, 5.41) is 1.96. The average molecular weight is 317 g/mol. The Bertz CT molecular complexity index is 333. The van der Waals surface area contributed by atoms with E-state index in [2.05, 4.69) is 22.9 Å². The second-order valence-electron chi connectivity index (χ2n) is 4.39. The number of hydrogen-bond donors (Lipinski definition) is 0. The first-order valence-corrected chi connectivity index (χ1v) is 8.19. The van der Waals surface area contributed by atoms with E-state index < -0.39 is 0 Å². The molecule has 0 aliphatic rings. The summed E-state index contributed by atoms with van der Waals surface area (Å²) in [4.78, 5) is 12.7. The molecule has 17 heavy (non-hydrogen) atoms. The molecule has 96 valence electrons. The van der Waals surface area contributed by atoms with Crippen LogP contribution in [0.4, 0.5) is 0 Å². The zero-order valence-corrected chi connectivity index (χ0v) is 12.9. The number of halogens is 1. The molecule has 0 bridgehead atoms. The molecule has 0 aromatic carbocycles. The van der Waals surface area contributed by atoms with Crippen LogP contribution in [0.5, 0.6) is 0 Å². The summed E-state index contributed by atoms with van der Waals surface area (Å²) in [6.07, 6.45) is 9.52. The van der Waals surface area contributed by atoms with Crippen LogP contribution in [0.25, 0.3) is 0 Å². The average Bonchev–Trinajstić information content (AvgIpc) is 2.74. The van der Waals surface area contributed by atoms with Gasteiger partial charge in [-0.1, -0.05) is 45.4 Å². The molecule has 1 heterocycles. The molecule has 0 N–H and O–H groups in total. The molecule has 1 aromatic heterocycles. The summed E-state index contributed by atoms with van der Waals surface area (Å²) in [5.41, 5.74) is 0. The third-order valence-corrected chi connectivity index (χ3v) is 4.76. The Morgan fingerprint density at radius 1 is 1.18 bits per heavy atom. The van der Waals surface area contributed by atoms with Gasteiger partial charge < -0.3 is 0 Å². The van der Waals surface area contributed by atoms with Crippen molar-refractivity contribution < 1.29 is 4.79 Å². The molecule has 0 saturated heterocycles. The predicted octanol–water partition coefficient (Wildman–Crippen LogP) is 5.83. The van der Waals surface area contributed by atoms with Crippen molar-refractivity contribution in [3.8, 4) is 0 Å². The summed E-state index contributed by atoms with van der Waals surface area (Å²) in [6.45, 7) is 2.23. The number of thiophene rings is 1. The monoisotopic (exact) mass is 316 g/mol. The molecule has 0 amide bonds. The number of unbranched alkanes of at least 4 members (excludes halogenated alkanes) is 6. The molecule has 1 nitrogen and oxygen atoms in total. The van der Waals surface area contributed by atoms with Gasteiger partial charge in [-0.05, 0) is 33.8 Å². The Hall–Kier alpha value is -0.150. The summed E-state index contributed by atoms with van der Waals surface area (Å²) in [5.74, 6) is 0.292. The van der Waals surface area contributed by atoms with Crippen LogP contribution in [0.15, 0.2) is 15.9 Å². The molecule has 1 aromatic rings. The van der Waals surface area contributed by atoms with Crippen molar-refractivity contribution in [3.05, 3.63) is 20.8 Å². The van der Waals surface area contributed by atoms with Gasteiger partial charge in [0.05, 0.1) is 4.88 Å². The molecular weight excluding hydrogens is 296 g/mol. The maximum Gasteiger partial charge on any atom is 0.173 e. The van der Waals surface area contributed by atoms with Crippen molar-refractivity contribution in [2.45, 2.75) is 58.3 Å². The molecular formula is C14H21BrOS. The normalized spacial score (nSPS) is 10.7. The molecule has 0 atom stereocenters. The van der Waals surface area contributed by atoms with Gasteiger partial charge in [0.1, 0.15) is 0 Å². The first-order chi connectivity index (χ1) is 8.25. The van der Waals surface area contributed by atoms with Crippen LogP contribution in [0.2, 0.25) is 0 Å². The molecule has 0 aliphatic heterocycles. The molecule has 1 rings (SSSR count). The third-order valence-electron chi connectivity index (χ3n) is 2.88. The Morgan fingerprint density at radius 2 is 1.82 bits per heavy atom. The summed E-state index contributed by atoms with van der Waals surface area (Å²) in [6, 6.07) is 1.95. The van der Waals surface area contributed by atoms with E-state index in [-0.39, 0.29) is 0 Å². The molecule has 0 spiro atoms. The van der Waals surface area contributed by atoms with E-state index in [0.29, 0.717) is 12.2 Å². The number of Topliss-reactive ketones (excluding diaryl/α,β-unsaturated/α-hetero) is 1. The van der Waals surface area contributed by atoms with Crippen LogP contribution < -0.4 is 0 Å². The van der Waals surface area contributed by atoms with Crippen LogP contribution in [0.1, 0.15) is 68.0 Å². The van der Waals surface area contributed by atoms with Crippen LogP contribution >= 0.6 is 27.3 Å². The van der Waals surface area contributed by atoms with Crippen LogP contribution in [0.3, 0.4) is 0 Å². The number of ketones is 1. The Morgan fingerprint density at radius 3 is 2.41 bits per heavy atom. The lowest BCUT2D eigenvalue weighted by molar-refractivity contribution is 0.0982. The van der Waals surface area contributed by atoms with Gasteiger partial charge in [0.2, 0.25) is 0 Å². The highest BCUT2D eigenvalue weighted by molar-refractivity contribution is 9.10. The minimum atomic E-state index is 0.292. The number of carbonyl (C=O) groups excluding carboxylic acids is 1. The van der Waals surface area contributed by atoms with Gasteiger partial charge in [0, 0.05) is 10.9 Å². The number of carbonyl (C=O) groups is 1. The topological polar surface area (TPSA) is 17.1 Å². The Kier molecular flexibility index (Phi) is 7.78. The van der Waals surface area contributed by atoms with E-state index in [9.17, 15) is 4.79 Å². The van der Waals surface area contributed by atoms with Gasteiger partial charge in [0.15, 0.2) is 5.78 Å². The number of rotatable bonds is 9. The summed E-state index contributed by atoms with van der Waals surface area (Å²) < 4.78 is 0.954. The predicted molar refractivity (Wildman–Crippen MR) is 79.0 cm³/mol. The zero-order valence-electron chi connectivity index (χ0n) is 10.5. The number of hydrogen-bond acceptors (Lipinski definition) is 2. The molecule has 3 heteroatoms. The van der Waals surface area contributed by atoms with Crippen molar-refractivity contribution >= 4 is 33.0 Å². The smallest absolute Gasteiger partial charge is 0.173 e. The van der Waals surface area contributed by atoms with E-state index in [1.165, 1.54) is 49.9 Å².